The number of nitrogens with zero attached hydrogens (tertiary/aromatic N) is 1. The fourth-order valence-electron chi connectivity index (χ4n) is 1.26. The number of nitro benzene ring substituents is 1. The van der Waals surface area contributed by atoms with Crippen molar-refractivity contribution in [1.29, 1.82) is 0 Å². The number of carbonyl (C=O) groups excluding carboxylic acids is 1. The molecule has 0 fully saturated rings. The summed E-state index contributed by atoms with van der Waals surface area (Å²) in [4.78, 5) is 21.7. The standard InChI is InChI=1S/C10H12BrN3O3/c1-6(12)4-10(15)13-8-3-2-7(11)5-9(8)14(16)17/h2-3,5-6H,4,12H2,1H3,(H,13,15). The second kappa shape index (κ2) is 5.74. The lowest BCUT2D eigenvalue weighted by Crippen LogP contribution is -2.24. The molecule has 0 bridgehead atoms. The molecule has 0 aliphatic heterocycles. The summed E-state index contributed by atoms with van der Waals surface area (Å²) in [6.45, 7) is 1.69. The Morgan fingerprint density at radius 1 is 1.65 bits per heavy atom. The zero-order chi connectivity index (χ0) is 13.0. The average Bonchev–Trinajstić information content (AvgIpc) is 2.19. The van der Waals surface area contributed by atoms with Crippen LogP contribution in [0.2, 0.25) is 0 Å². The summed E-state index contributed by atoms with van der Waals surface area (Å²) < 4.78 is 0.578. The molecule has 1 unspecified atom stereocenters. The molecule has 0 saturated heterocycles. The number of halogens is 1. The van der Waals surface area contributed by atoms with Gasteiger partial charge in [-0.2, -0.15) is 0 Å². The van der Waals surface area contributed by atoms with Crippen molar-refractivity contribution >= 4 is 33.2 Å². The van der Waals surface area contributed by atoms with Crippen LogP contribution in [0.5, 0.6) is 0 Å². The minimum Gasteiger partial charge on any atom is -0.327 e. The van der Waals surface area contributed by atoms with Gasteiger partial charge in [0.25, 0.3) is 5.69 Å². The molecular weight excluding hydrogens is 290 g/mol. The topological polar surface area (TPSA) is 98.3 Å². The highest BCUT2D eigenvalue weighted by Gasteiger charge is 2.16. The molecule has 92 valence electrons. The van der Waals surface area contributed by atoms with E-state index in [-0.39, 0.29) is 29.7 Å². The number of anilines is 1. The first-order valence-corrected chi connectivity index (χ1v) is 5.69. The van der Waals surface area contributed by atoms with E-state index >= 15 is 0 Å². The number of amides is 1. The van der Waals surface area contributed by atoms with E-state index in [0.29, 0.717) is 4.47 Å². The van der Waals surface area contributed by atoms with Gasteiger partial charge < -0.3 is 11.1 Å². The van der Waals surface area contributed by atoms with Crippen molar-refractivity contribution in [2.24, 2.45) is 5.73 Å². The third-order valence-electron chi connectivity index (χ3n) is 1.94. The Kier molecular flexibility index (Phi) is 4.59. The molecule has 0 saturated carbocycles. The molecule has 1 atom stereocenters. The van der Waals surface area contributed by atoms with Crippen molar-refractivity contribution in [2.75, 3.05) is 5.32 Å². The number of benzene rings is 1. The molecule has 1 amide bonds. The summed E-state index contributed by atoms with van der Waals surface area (Å²) in [6.07, 6.45) is 0.118. The van der Waals surface area contributed by atoms with Crippen molar-refractivity contribution < 1.29 is 9.72 Å². The zero-order valence-electron chi connectivity index (χ0n) is 9.14. The van der Waals surface area contributed by atoms with Gasteiger partial charge >= 0.3 is 0 Å². The van der Waals surface area contributed by atoms with Crippen LogP contribution in [0.4, 0.5) is 11.4 Å². The number of nitro groups is 1. The second-order valence-electron chi connectivity index (χ2n) is 3.65. The normalized spacial score (nSPS) is 11.9. The van der Waals surface area contributed by atoms with Crippen LogP contribution in [-0.4, -0.2) is 16.9 Å². The number of carbonyl (C=O) groups is 1. The quantitative estimate of drug-likeness (QED) is 0.656. The smallest absolute Gasteiger partial charge is 0.293 e. The number of nitrogens with one attached hydrogen (secondary N) is 1. The van der Waals surface area contributed by atoms with Crippen LogP contribution in [-0.2, 0) is 4.79 Å². The first-order valence-electron chi connectivity index (χ1n) is 4.89. The lowest BCUT2D eigenvalue weighted by atomic mass is 10.2. The fraction of sp³-hybridized carbons (Fsp3) is 0.300. The largest absolute Gasteiger partial charge is 0.327 e. The lowest BCUT2D eigenvalue weighted by Gasteiger charge is -2.07. The molecule has 0 aromatic heterocycles. The first-order chi connectivity index (χ1) is 7.90. The van der Waals surface area contributed by atoms with E-state index in [2.05, 4.69) is 21.2 Å². The van der Waals surface area contributed by atoms with Gasteiger partial charge in [0.1, 0.15) is 5.69 Å². The molecule has 3 N–H and O–H groups in total. The molecular formula is C10H12BrN3O3. The summed E-state index contributed by atoms with van der Waals surface area (Å²) in [5.41, 5.74) is 5.48. The molecule has 6 nitrogen and oxygen atoms in total. The Morgan fingerprint density at radius 2 is 2.29 bits per heavy atom. The van der Waals surface area contributed by atoms with Gasteiger partial charge in [-0.05, 0) is 19.1 Å². The van der Waals surface area contributed by atoms with Crippen molar-refractivity contribution in [3.63, 3.8) is 0 Å². The minimum atomic E-state index is -0.549. The maximum absolute atomic E-state index is 11.5. The van der Waals surface area contributed by atoms with Crippen LogP contribution in [0.25, 0.3) is 0 Å². The Labute approximate surface area is 106 Å². The second-order valence-corrected chi connectivity index (χ2v) is 4.56. The zero-order valence-corrected chi connectivity index (χ0v) is 10.7. The highest BCUT2D eigenvalue weighted by atomic mass is 79.9. The number of hydrogen-bond acceptors (Lipinski definition) is 4. The predicted molar refractivity (Wildman–Crippen MR) is 67.7 cm³/mol. The van der Waals surface area contributed by atoms with Crippen LogP contribution in [0.1, 0.15) is 13.3 Å². The van der Waals surface area contributed by atoms with E-state index < -0.39 is 4.92 Å². The molecule has 0 radical (unpaired) electrons. The number of nitrogens with two attached hydrogens (primary N) is 1. The van der Waals surface area contributed by atoms with Gasteiger partial charge in [-0.1, -0.05) is 15.9 Å². The molecule has 0 aliphatic carbocycles. The van der Waals surface area contributed by atoms with Crippen LogP contribution in [0.15, 0.2) is 22.7 Å². The predicted octanol–water partition coefficient (Wildman–Crippen LogP) is 2.03. The molecule has 0 spiro atoms. The summed E-state index contributed by atoms with van der Waals surface area (Å²) in [5.74, 6) is -0.342. The monoisotopic (exact) mass is 301 g/mol. The van der Waals surface area contributed by atoms with E-state index in [0.717, 1.165) is 0 Å². The fourth-order valence-corrected chi connectivity index (χ4v) is 1.60. The van der Waals surface area contributed by atoms with Gasteiger partial charge in [0.2, 0.25) is 5.91 Å². The molecule has 1 aromatic rings. The molecule has 17 heavy (non-hydrogen) atoms. The first kappa shape index (κ1) is 13.6. The van der Waals surface area contributed by atoms with Gasteiger partial charge in [0.15, 0.2) is 0 Å². The Balaban J connectivity index is 2.91. The molecule has 0 heterocycles. The van der Waals surface area contributed by atoms with Gasteiger partial charge in [-0.15, -0.1) is 0 Å². The van der Waals surface area contributed by atoms with E-state index in [4.69, 9.17) is 5.73 Å². The Morgan fingerprint density at radius 3 is 2.82 bits per heavy atom. The third-order valence-corrected chi connectivity index (χ3v) is 2.43. The summed E-state index contributed by atoms with van der Waals surface area (Å²) in [5, 5.41) is 13.3. The van der Waals surface area contributed by atoms with E-state index in [1.165, 1.54) is 12.1 Å². The maximum atomic E-state index is 11.5. The summed E-state index contributed by atoms with van der Waals surface area (Å²) in [7, 11) is 0. The van der Waals surface area contributed by atoms with Crippen molar-refractivity contribution in [3.8, 4) is 0 Å². The van der Waals surface area contributed by atoms with Crippen LogP contribution < -0.4 is 11.1 Å². The maximum Gasteiger partial charge on any atom is 0.293 e. The van der Waals surface area contributed by atoms with Crippen molar-refractivity contribution in [1.82, 2.24) is 0 Å². The van der Waals surface area contributed by atoms with Crippen LogP contribution >= 0.6 is 15.9 Å². The van der Waals surface area contributed by atoms with E-state index in [9.17, 15) is 14.9 Å². The SMILES string of the molecule is CC(N)CC(=O)Nc1ccc(Br)cc1[N+](=O)[O-]. The molecule has 1 rings (SSSR count). The molecule has 1 aromatic carbocycles. The Bertz CT molecular complexity index is 448. The van der Waals surface area contributed by atoms with Crippen LogP contribution in [0.3, 0.4) is 0 Å². The number of hydrogen-bond donors (Lipinski definition) is 2. The molecule has 7 heteroatoms. The van der Waals surface area contributed by atoms with Crippen molar-refractivity contribution in [2.45, 2.75) is 19.4 Å². The summed E-state index contributed by atoms with van der Waals surface area (Å²) >= 11 is 3.13. The Hall–Kier alpha value is -1.47. The highest BCUT2D eigenvalue weighted by Crippen LogP contribution is 2.27. The molecule has 0 aliphatic rings. The average molecular weight is 302 g/mol. The van der Waals surface area contributed by atoms with Gasteiger partial charge in [0.05, 0.1) is 4.92 Å². The van der Waals surface area contributed by atoms with Crippen molar-refractivity contribution in [3.05, 3.63) is 32.8 Å². The lowest BCUT2D eigenvalue weighted by molar-refractivity contribution is -0.384. The number of rotatable bonds is 4. The van der Waals surface area contributed by atoms with E-state index in [1.807, 2.05) is 0 Å². The highest BCUT2D eigenvalue weighted by molar-refractivity contribution is 9.10. The van der Waals surface area contributed by atoms with Gasteiger partial charge in [0, 0.05) is 23.0 Å². The summed E-state index contributed by atoms with van der Waals surface area (Å²) in [6, 6.07) is 4.14. The van der Waals surface area contributed by atoms with Gasteiger partial charge in [-0.3, -0.25) is 14.9 Å². The third kappa shape index (κ3) is 4.12. The van der Waals surface area contributed by atoms with E-state index in [1.54, 1.807) is 13.0 Å². The minimum absolute atomic E-state index is 0.118. The van der Waals surface area contributed by atoms with Gasteiger partial charge in [-0.25, -0.2) is 0 Å². The van der Waals surface area contributed by atoms with Crippen LogP contribution in [0, 0.1) is 10.1 Å².